The third-order valence-electron chi connectivity index (χ3n) is 3.99. The molecule has 96 valence electrons. The summed E-state index contributed by atoms with van der Waals surface area (Å²) < 4.78 is 1.85. The normalized spacial score (nSPS) is 18.9. The summed E-state index contributed by atoms with van der Waals surface area (Å²) in [5.74, 6) is 1.81. The van der Waals surface area contributed by atoms with Crippen molar-refractivity contribution in [3.05, 3.63) is 23.3 Å². The molecule has 0 spiro atoms. The summed E-state index contributed by atoms with van der Waals surface area (Å²) in [6.45, 7) is 4.31. The maximum atomic E-state index is 4.76. The van der Waals surface area contributed by atoms with Gasteiger partial charge in [0.1, 0.15) is 5.82 Å². The number of aromatic nitrogens is 4. The van der Waals surface area contributed by atoms with E-state index in [-0.39, 0.29) is 0 Å². The number of nitrogens with zero attached hydrogens (tertiary/aromatic N) is 3. The van der Waals surface area contributed by atoms with Crippen molar-refractivity contribution in [3.8, 4) is 11.4 Å². The van der Waals surface area contributed by atoms with E-state index >= 15 is 0 Å². The first-order valence-electron chi connectivity index (χ1n) is 6.75. The Balaban J connectivity index is 1.96. The molecule has 1 unspecified atom stereocenters. The zero-order valence-electron chi connectivity index (χ0n) is 11.3. The van der Waals surface area contributed by atoms with Gasteiger partial charge in [-0.05, 0) is 32.1 Å². The quantitative estimate of drug-likeness (QED) is 0.882. The summed E-state index contributed by atoms with van der Waals surface area (Å²) in [6.07, 6.45) is 6.85. The van der Waals surface area contributed by atoms with E-state index in [4.69, 9.17) is 4.98 Å². The van der Waals surface area contributed by atoms with Gasteiger partial charge in [0.2, 0.25) is 0 Å². The highest BCUT2D eigenvalue weighted by Crippen LogP contribution is 2.29. The number of hydrogen-bond acceptors (Lipinski definition) is 2. The number of H-pyrrole nitrogens is 1. The molecule has 0 saturated heterocycles. The number of fused-ring (bicyclic) bond motifs is 1. The van der Waals surface area contributed by atoms with Crippen molar-refractivity contribution in [2.24, 2.45) is 13.0 Å². The van der Waals surface area contributed by atoms with Crippen molar-refractivity contribution >= 4 is 0 Å². The van der Waals surface area contributed by atoms with Crippen LogP contribution in [0, 0.1) is 12.8 Å². The SMILES string of the molecule is CCC1CCc2nc(-c3cn(C)nc3C)[nH]c2C1. The lowest BCUT2D eigenvalue weighted by atomic mass is 9.88. The highest BCUT2D eigenvalue weighted by molar-refractivity contribution is 5.58. The van der Waals surface area contributed by atoms with Crippen LogP contribution in [0.5, 0.6) is 0 Å². The molecule has 0 amide bonds. The molecule has 0 aromatic carbocycles. The maximum absolute atomic E-state index is 4.76. The van der Waals surface area contributed by atoms with Crippen LogP contribution < -0.4 is 0 Å². The van der Waals surface area contributed by atoms with Gasteiger partial charge in [0, 0.05) is 18.9 Å². The topological polar surface area (TPSA) is 46.5 Å². The fourth-order valence-corrected chi connectivity index (χ4v) is 2.86. The Kier molecular flexibility index (Phi) is 2.73. The molecule has 4 nitrogen and oxygen atoms in total. The summed E-state index contributed by atoms with van der Waals surface area (Å²) >= 11 is 0. The first kappa shape index (κ1) is 11.5. The van der Waals surface area contributed by atoms with Gasteiger partial charge >= 0.3 is 0 Å². The summed E-state index contributed by atoms with van der Waals surface area (Å²) in [4.78, 5) is 8.26. The number of rotatable bonds is 2. The van der Waals surface area contributed by atoms with Crippen LogP contribution in [0.4, 0.5) is 0 Å². The van der Waals surface area contributed by atoms with Crippen LogP contribution in [-0.4, -0.2) is 19.7 Å². The average molecular weight is 244 g/mol. The van der Waals surface area contributed by atoms with E-state index in [1.165, 1.54) is 24.2 Å². The molecule has 18 heavy (non-hydrogen) atoms. The lowest BCUT2D eigenvalue weighted by Crippen LogP contribution is -2.12. The van der Waals surface area contributed by atoms with Crippen molar-refractivity contribution in [3.63, 3.8) is 0 Å². The van der Waals surface area contributed by atoms with Gasteiger partial charge < -0.3 is 4.98 Å². The van der Waals surface area contributed by atoms with Crippen LogP contribution in [0.1, 0.15) is 36.8 Å². The van der Waals surface area contributed by atoms with Gasteiger partial charge in [0.05, 0.1) is 17.0 Å². The van der Waals surface area contributed by atoms with E-state index in [1.807, 2.05) is 24.9 Å². The molecule has 0 saturated carbocycles. The Labute approximate surface area is 107 Å². The molecule has 0 fully saturated rings. The third-order valence-corrected chi connectivity index (χ3v) is 3.99. The van der Waals surface area contributed by atoms with Crippen molar-refractivity contribution in [1.29, 1.82) is 0 Å². The maximum Gasteiger partial charge on any atom is 0.141 e. The van der Waals surface area contributed by atoms with Gasteiger partial charge in [-0.2, -0.15) is 5.10 Å². The Hall–Kier alpha value is -1.58. The van der Waals surface area contributed by atoms with Gasteiger partial charge in [-0.1, -0.05) is 13.3 Å². The van der Waals surface area contributed by atoms with Gasteiger partial charge in [-0.15, -0.1) is 0 Å². The fourth-order valence-electron chi connectivity index (χ4n) is 2.86. The molecule has 1 aliphatic rings. The average Bonchev–Trinajstić information content (AvgIpc) is 2.90. The number of aryl methyl sites for hydroxylation is 3. The second kappa shape index (κ2) is 4.26. The highest BCUT2D eigenvalue weighted by Gasteiger charge is 2.22. The van der Waals surface area contributed by atoms with Crippen LogP contribution in [0.25, 0.3) is 11.4 Å². The Morgan fingerprint density at radius 2 is 2.33 bits per heavy atom. The molecule has 4 heteroatoms. The van der Waals surface area contributed by atoms with E-state index in [1.54, 1.807) is 0 Å². The molecular formula is C14H20N4. The van der Waals surface area contributed by atoms with Crippen LogP contribution in [0.2, 0.25) is 0 Å². The van der Waals surface area contributed by atoms with Crippen LogP contribution in [-0.2, 0) is 19.9 Å². The molecule has 2 aromatic heterocycles. The number of aromatic amines is 1. The Morgan fingerprint density at radius 3 is 3.00 bits per heavy atom. The molecule has 1 atom stereocenters. The first-order chi connectivity index (χ1) is 8.67. The number of nitrogens with one attached hydrogen (secondary N) is 1. The third kappa shape index (κ3) is 1.85. The van der Waals surface area contributed by atoms with Crippen LogP contribution in [0.15, 0.2) is 6.20 Å². The van der Waals surface area contributed by atoms with E-state index in [2.05, 4.69) is 17.0 Å². The lowest BCUT2D eigenvalue weighted by Gasteiger charge is -2.18. The van der Waals surface area contributed by atoms with Crippen LogP contribution in [0.3, 0.4) is 0 Å². The standard InChI is InChI=1S/C14H20N4/c1-4-10-5-6-12-13(7-10)16-14(15-12)11-8-18(3)17-9(11)2/h8,10H,4-7H2,1-3H3,(H,15,16). The molecule has 3 rings (SSSR count). The molecule has 0 aliphatic heterocycles. The molecule has 0 radical (unpaired) electrons. The minimum absolute atomic E-state index is 0.820. The van der Waals surface area contributed by atoms with Crippen molar-refractivity contribution in [2.75, 3.05) is 0 Å². The summed E-state index contributed by atoms with van der Waals surface area (Å²) in [5.41, 5.74) is 4.76. The second-order valence-corrected chi connectivity index (χ2v) is 5.33. The van der Waals surface area contributed by atoms with E-state index in [9.17, 15) is 0 Å². The van der Waals surface area contributed by atoms with Crippen molar-refractivity contribution in [1.82, 2.24) is 19.7 Å². The molecule has 0 bridgehead atoms. The summed E-state index contributed by atoms with van der Waals surface area (Å²) in [7, 11) is 1.95. The van der Waals surface area contributed by atoms with Crippen molar-refractivity contribution in [2.45, 2.75) is 39.5 Å². The minimum atomic E-state index is 0.820. The van der Waals surface area contributed by atoms with E-state index in [0.717, 1.165) is 35.8 Å². The molecular weight excluding hydrogens is 224 g/mol. The van der Waals surface area contributed by atoms with Crippen molar-refractivity contribution < 1.29 is 0 Å². The Morgan fingerprint density at radius 1 is 1.50 bits per heavy atom. The molecule has 1 aliphatic carbocycles. The summed E-state index contributed by atoms with van der Waals surface area (Å²) in [6, 6.07) is 0. The summed E-state index contributed by atoms with van der Waals surface area (Å²) in [5, 5.41) is 4.38. The predicted octanol–water partition coefficient (Wildman–Crippen LogP) is 2.63. The highest BCUT2D eigenvalue weighted by atomic mass is 15.3. The minimum Gasteiger partial charge on any atom is -0.342 e. The molecule has 1 N–H and O–H groups in total. The van der Waals surface area contributed by atoms with E-state index < -0.39 is 0 Å². The second-order valence-electron chi connectivity index (χ2n) is 5.33. The lowest BCUT2D eigenvalue weighted by molar-refractivity contribution is 0.438. The number of imidazole rings is 1. The monoisotopic (exact) mass is 244 g/mol. The molecule has 2 aromatic rings. The smallest absolute Gasteiger partial charge is 0.141 e. The van der Waals surface area contributed by atoms with Gasteiger partial charge in [-0.25, -0.2) is 4.98 Å². The largest absolute Gasteiger partial charge is 0.342 e. The Bertz CT molecular complexity index is 564. The predicted molar refractivity (Wildman–Crippen MR) is 71.3 cm³/mol. The van der Waals surface area contributed by atoms with Gasteiger partial charge in [0.25, 0.3) is 0 Å². The van der Waals surface area contributed by atoms with Gasteiger partial charge in [-0.3, -0.25) is 4.68 Å². The molecule has 2 heterocycles. The van der Waals surface area contributed by atoms with E-state index in [0.29, 0.717) is 0 Å². The van der Waals surface area contributed by atoms with Crippen LogP contribution >= 0.6 is 0 Å². The zero-order chi connectivity index (χ0) is 12.7. The zero-order valence-corrected chi connectivity index (χ0v) is 11.3. The van der Waals surface area contributed by atoms with Gasteiger partial charge in [0.15, 0.2) is 0 Å². The number of hydrogen-bond donors (Lipinski definition) is 1. The fraction of sp³-hybridized carbons (Fsp3) is 0.571. The first-order valence-corrected chi connectivity index (χ1v) is 6.75.